The predicted molar refractivity (Wildman–Crippen MR) is 103 cm³/mol. The highest BCUT2D eigenvalue weighted by molar-refractivity contribution is 6.32. The highest BCUT2D eigenvalue weighted by Gasteiger charge is 2.20. The number of nitrogens with one attached hydrogen (secondary N) is 1. The topological polar surface area (TPSA) is 103 Å². The lowest BCUT2D eigenvalue weighted by molar-refractivity contribution is 0.0939. The van der Waals surface area contributed by atoms with Crippen LogP contribution in [0.25, 0.3) is 11.2 Å². The minimum absolute atomic E-state index is 0.0291. The molecule has 3 rings (SSSR count). The maximum Gasteiger partial charge on any atom is 0.332 e. The third kappa shape index (κ3) is 3.43. The van der Waals surface area contributed by atoms with Crippen LogP contribution >= 0.6 is 11.6 Å². The molecule has 0 aliphatic carbocycles. The maximum atomic E-state index is 12.6. The summed E-state index contributed by atoms with van der Waals surface area (Å²) in [6.45, 7) is 0.0171. The van der Waals surface area contributed by atoms with E-state index in [2.05, 4.69) is 10.3 Å². The molecule has 0 saturated heterocycles. The Kier molecular flexibility index (Phi) is 5.24. The molecule has 1 unspecified atom stereocenters. The minimum Gasteiger partial charge on any atom is -0.489 e. The molecule has 27 heavy (non-hydrogen) atoms. The number of halogens is 1. The highest BCUT2D eigenvalue weighted by Crippen LogP contribution is 2.23. The predicted octanol–water partition coefficient (Wildman–Crippen LogP) is 0.569. The van der Waals surface area contributed by atoms with Crippen molar-refractivity contribution in [3.05, 3.63) is 50.1 Å². The fourth-order valence-electron chi connectivity index (χ4n) is 2.83. The zero-order valence-electron chi connectivity index (χ0n) is 15.1. The zero-order chi connectivity index (χ0) is 19.7. The number of nitrogens with zero attached hydrogens (tertiary/aromatic N) is 4. The molecule has 0 amide bonds. The second-order valence-electron chi connectivity index (χ2n) is 6.07. The Morgan fingerprint density at radius 2 is 1.96 bits per heavy atom. The number of aliphatic hydroxyl groups excluding tert-OH is 1. The van der Waals surface area contributed by atoms with Crippen LogP contribution in [0.15, 0.2) is 33.9 Å². The number of hydrogen-bond donors (Lipinski definition) is 2. The Morgan fingerprint density at radius 3 is 2.63 bits per heavy atom. The van der Waals surface area contributed by atoms with Crippen molar-refractivity contribution in [2.75, 3.05) is 19.0 Å². The van der Waals surface area contributed by atoms with Gasteiger partial charge in [-0.05, 0) is 12.1 Å². The van der Waals surface area contributed by atoms with Crippen molar-refractivity contribution in [2.45, 2.75) is 12.6 Å². The average Bonchev–Trinajstić information content (AvgIpc) is 3.02. The largest absolute Gasteiger partial charge is 0.489 e. The number of imidazole rings is 1. The second-order valence-corrected chi connectivity index (χ2v) is 6.48. The van der Waals surface area contributed by atoms with Crippen molar-refractivity contribution < 1.29 is 9.84 Å². The zero-order valence-corrected chi connectivity index (χ0v) is 15.9. The van der Waals surface area contributed by atoms with Gasteiger partial charge >= 0.3 is 5.69 Å². The van der Waals surface area contributed by atoms with Gasteiger partial charge in [-0.3, -0.25) is 13.9 Å². The van der Waals surface area contributed by atoms with Crippen LogP contribution in [-0.4, -0.2) is 43.6 Å². The molecule has 0 saturated carbocycles. The van der Waals surface area contributed by atoms with E-state index in [1.807, 2.05) is 0 Å². The van der Waals surface area contributed by atoms with Crippen LogP contribution in [0, 0.1) is 0 Å². The number of fused-ring (bicyclic) bond motifs is 1. The van der Waals surface area contributed by atoms with E-state index in [1.165, 1.54) is 23.2 Å². The Bertz CT molecular complexity index is 1100. The lowest BCUT2D eigenvalue weighted by atomic mass is 10.3. The van der Waals surface area contributed by atoms with Gasteiger partial charge in [-0.2, -0.15) is 4.98 Å². The fourth-order valence-corrected chi connectivity index (χ4v) is 3.02. The Balaban J connectivity index is 1.93. The first-order valence-electron chi connectivity index (χ1n) is 8.24. The number of aryl methyl sites for hydroxylation is 1. The lowest BCUT2D eigenvalue weighted by Crippen LogP contribution is -2.38. The number of anilines is 1. The molecule has 10 heteroatoms. The highest BCUT2D eigenvalue weighted by atomic mass is 35.5. The number of hydrogen-bond acceptors (Lipinski definition) is 6. The Labute approximate surface area is 159 Å². The van der Waals surface area contributed by atoms with Gasteiger partial charge in [-0.1, -0.05) is 23.7 Å². The van der Waals surface area contributed by atoms with Gasteiger partial charge in [0.25, 0.3) is 5.56 Å². The summed E-state index contributed by atoms with van der Waals surface area (Å²) in [5, 5.41) is 13.7. The van der Waals surface area contributed by atoms with Crippen molar-refractivity contribution >= 4 is 28.7 Å². The minimum atomic E-state index is -0.937. The molecule has 0 aliphatic rings. The van der Waals surface area contributed by atoms with Crippen molar-refractivity contribution in [1.82, 2.24) is 18.7 Å². The third-order valence-corrected chi connectivity index (χ3v) is 4.55. The number of benzene rings is 1. The summed E-state index contributed by atoms with van der Waals surface area (Å²) < 4.78 is 9.39. The molecule has 144 valence electrons. The standard InChI is InChI=1S/C17H20ClN5O4/c1-19-16-20-14-13(15(25)22(3)17(26)21(14)2)23(16)8-10(24)9-27-12-7-5-4-6-11(12)18/h4-7,10,24H,8-9H2,1-3H3,(H,19,20). The molecule has 0 radical (unpaired) electrons. The van der Waals surface area contributed by atoms with E-state index in [0.717, 1.165) is 4.57 Å². The Hall–Kier alpha value is -2.78. The summed E-state index contributed by atoms with van der Waals surface area (Å²) in [5.41, 5.74) is -0.490. The molecule has 0 fully saturated rings. The first-order chi connectivity index (χ1) is 12.8. The van der Waals surface area contributed by atoms with Crippen LogP contribution in [-0.2, 0) is 20.6 Å². The monoisotopic (exact) mass is 393 g/mol. The van der Waals surface area contributed by atoms with Crippen molar-refractivity contribution in [3.63, 3.8) is 0 Å². The summed E-state index contributed by atoms with van der Waals surface area (Å²) in [6, 6.07) is 6.95. The summed E-state index contributed by atoms with van der Waals surface area (Å²) >= 11 is 6.04. The number of aliphatic hydroxyl groups is 1. The molecule has 1 aromatic carbocycles. The van der Waals surface area contributed by atoms with Crippen LogP contribution in [0.3, 0.4) is 0 Å². The molecule has 0 spiro atoms. The van der Waals surface area contributed by atoms with Gasteiger partial charge in [0.2, 0.25) is 5.95 Å². The van der Waals surface area contributed by atoms with E-state index in [0.29, 0.717) is 16.7 Å². The molecule has 0 bridgehead atoms. The second kappa shape index (κ2) is 7.45. The lowest BCUT2D eigenvalue weighted by Gasteiger charge is -2.15. The van der Waals surface area contributed by atoms with Crippen LogP contribution in [0.1, 0.15) is 0 Å². The summed E-state index contributed by atoms with van der Waals surface area (Å²) in [7, 11) is 4.59. The van der Waals surface area contributed by atoms with E-state index < -0.39 is 17.4 Å². The van der Waals surface area contributed by atoms with Gasteiger partial charge in [0, 0.05) is 21.1 Å². The van der Waals surface area contributed by atoms with E-state index in [9.17, 15) is 14.7 Å². The van der Waals surface area contributed by atoms with E-state index in [1.54, 1.807) is 31.3 Å². The molecular formula is C17H20ClN5O4. The van der Waals surface area contributed by atoms with Crippen molar-refractivity contribution in [2.24, 2.45) is 14.1 Å². The first-order valence-corrected chi connectivity index (χ1v) is 8.62. The number of aromatic nitrogens is 4. The van der Waals surface area contributed by atoms with Crippen LogP contribution in [0.5, 0.6) is 5.75 Å². The molecule has 2 N–H and O–H groups in total. The molecular weight excluding hydrogens is 374 g/mol. The number of rotatable bonds is 6. The van der Waals surface area contributed by atoms with E-state index >= 15 is 0 Å². The van der Waals surface area contributed by atoms with Gasteiger partial charge in [0.05, 0.1) is 11.6 Å². The Morgan fingerprint density at radius 1 is 1.26 bits per heavy atom. The quantitative estimate of drug-likeness (QED) is 0.634. The molecule has 9 nitrogen and oxygen atoms in total. The fraction of sp³-hybridized carbons (Fsp3) is 0.353. The molecule has 2 heterocycles. The molecule has 3 aromatic rings. The van der Waals surface area contributed by atoms with Crippen LogP contribution in [0.2, 0.25) is 5.02 Å². The molecule has 2 aromatic heterocycles. The first kappa shape index (κ1) is 19.0. The van der Waals surface area contributed by atoms with Crippen molar-refractivity contribution in [1.29, 1.82) is 0 Å². The van der Waals surface area contributed by atoms with Crippen molar-refractivity contribution in [3.8, 4) is 5.75 Å². The van der Waals surface area contributed by atoms with Gasteiger partial charge in [0.1, 0.15) is 18.5 Å². The molecule has 1 atom stereocenters. The third-order valence-electron chi connectivity index (χ3n) is 4.23. The van der Waals surface area contributed by atoms with Gasteiger partial charge in [0.15, 0.2) is 11.2 Å². The van der Waals surface area contributed by atoms with E-state index in [-0.39, 0.29) is 24.3 Å². The summed E-state index contributed by atoms with van der Waals surface area (Å²) in [5.74, 6) is 0.820. The van der Waals surface area contributed by atoms with Crippen LogP contribution in [0.4, 0.5) is 5.95 Å². The van der Waals surface area contributed by atoms with Crippen LogP contribution < -0.4 is 21.3 Å². The van der Waals surface area contributed by atoms with E-state index in [4.69, 9.17) is 16.3 Å². The summed E-state index contributed by atoms with van der Waals surface area (Å²) in [6.07, 6.45) is -0.937. The molecule has 0 aliphatic heterocycles. The van der Waals surface area contributed by atoms with Gasteiger partial charge in [-0.15, -0.1) is 0 Å². The summed E-state index contributed by atoms with van der Waals surface area (Å²) in [4.78, 5) is 29.0. The van der Waals surface area contributed by atoms with Gasteiger partial charge < -0.3 is 19.7 Å². The normalized spacial score (nSPS) is 12.3. The average molecular weight is 394 g/mol. The number of ether oxygens (including phenoxy) is 1. The SMILES string of the molecule is CNc1nc2c(c(=O)n(C)c(=O)n2C)n1CC(O)COc1ccccc1Cl. The smallest absolute Gasteiger partial charge is 0.332 e. The van der Waals surface area contributed by atoms with Gasteiger partial charge in [-0.25, -0.2) is 4.79 Å². The maximum absolute atomic E-state index is 12.6. The number of para-hydroxylation sites is 1.